The van der Waals surface area contributed by atoms with Gasteiger partial charge < -0.3 is 9.47 Å². The maximum atomic E-state index is 7.59. The molecule has 1 saturated heterocycles. The minimum absolute atomic E-state index is 0.0709. The van der Waals surface area contributed by atoms with Crippen LogP contribution in [0.5, 0.6) is 5.75 Å². The first kappa shape index (κ1) is 6.49. The first-order chi connectivity index (χ1) is 6.13. The van der Waals surface area contributed by atoms with E-state index in [2.05, 4.69) is 0 Å². The lowest BCUT2D eigenvalue weighted by Crippen LogP contribution is -1.85. The molecule has 0 radical (unpaired) electrons. The molecule has 0 spiro atoms. The molecule has 1 aromatic rings. The van der Waals surface area contributed by atoms with Crippen molar-refractivity contribution in [1.29, 1.82) is 0 Å². The summed E-state index contributed by atoms with van der Waals surface area (Å²) in [5.41, 5.74) is 1.04. The highest BCUT2D eigenvalue weighted by atomic mass is 16.6. The maximum absolute atomic E-state index is 7.59. The average molecular weight is 165 g/mol. The highest BCUT2D eigenvalue weighted by molar-refractivity contribution is 5.30. The van der Waals surface area contributed by atoms with Crippen LogP contribution in [0.15, 0.2) is 24.3 Å². The molecule has 2 heteroatoms. The zero-order valence-corrected chi connectivity index (χ0v) is 7.20. The highest BCUT2D eigenvalue weighted by Crippen LogP contribution is 2.38. The van der Waals surface area contributed by atoms with Crippen LogP contribution in [-0.2, 0) is 4.74 Å². The van der Waals surface area contributed by atoms with Crippen molar-refractivity contribution in [3.63, 3.8) is 0 Å². The number of benzene rings is 1. The largest absolute Gasteiger partial charge is 0.497 e. The first-order valence-electron chi connectivity index (χ1n) is 4.45. The third-order valence-electron chi connectivity index (χ3n) is 2.03. The van der Waals surface area contributed by atoms with Crippen LogP contribution in [0.2, 0.25) is 0 Å². The highest BCUT2D eigenvalue weighted by Gasteiger charge is 2.35. The van der Waals surface area contributed by atoms with Gasteiger partial charge in [0.15, 0.2) is 0 Å². The zero-order chi connectivity index (χ0) is 9.47. The van der Waals surface area contributed by atoms with E-state index in [1.165, 1.54) is 0 Å². The van der Waals surface area contributed by atoms with Gasteiger partial charge in [-0.3, -0.25) is 0 Å². The van der Waals surface area contributed by atoms with E-state index in [0.29, 0.717) is 0 Å². The number of hydrogen-bond donors (Lipinski definition) is 0. The van der Waals surface area contributed by atoms with Crippen LogP contribution in [0.4, 0.5) is 0 Å². The minimum Gasteiger partial charge on any atom is -0.497 e. The molecular weight excluding hydrogens is 152 g/mol. The summed E-state index contributed by atoms with van der Waals surface area (Å²) < 4.78 is 17.8. The van der Waals surface area contributed by atoms with E-state index in [4.69, 9.17) is 10.8 Å². The van der Waals surface area contributed by atoms with Crippen molar-refractivity contribution in [3.05, 3.63) is 29.8 Å². The first-order valence-corrected chi connectivity index (χ1v) is 3.95. The lowest BCUT2D eigenvalue weighted by Gasteiger charge is -1.99. The molecule has 1 fully saturated rings. The molecule has 1 heterocycles. The van der Waals surface area contributed by atoms with Crippen LogP contribution in [0.25, 0.3) is 0 Å². The second-order valence-electron chi connectivity index (χ2n) is 2.88. The van der Waals surface area contributed by atoms with Gasteiger partial charge in [-0.2, -0.15) is 0 Å². The van der Waals surface area contributed by atoms with Gasteiger partial charge in [-0.25, -0.2) is 0 Å². The molecule has 0 N–H and O–H groups in total. The minimum atomic E-state index is -0.728. The van der Waals surface area contributed by atoms with Crippen molar-refractivity contribution in [2.45, 2.75) is 19.1 Å². The zero-order valence-electron chi connectivity index (χ0n) is 8.20. The normalized spacial score (nSPS) is 34.2. The topological polar surface area (TPSA) is 21.8 Å². The Labute approximate surface area is 73.5 Å². The van der Waals surface area contributed by atoms with Crippen molar-refractivity contribution >= 4 is 0 Å². The predicted octanol–water partition coefficient (Wildman–Crippen LogP) is 2.16. The van der Waals surface area contributed by atoms with Crippen LogP contribution < -0.4 is 4.74 Å². The van der Waals surface area contributed by atoms with Crippen LogP contribution in [0.1, 0.15) is 20.0 Å². The maximum Gasteiger partial charge on any atom is 0.118 e. The molecule has 1 aliphatic heterocycles. The third kappa shape index (κ3) is 1.30. The van der Waals surface area contributed by atoms with E-state index >= 15 is 0 Å². The Bertz CT molecular complexity index is 305. The van der Waals surface area contributed by atoms with Gasteiger partial charge in [0.2, 0.25) is 0 Å². The molecule has 0 aromatic heterocycles. The molecular formula is C10H12O2. The SMILES string of the molecule is [2H][C@@]1(C)O[C@H]1c1ccc(OC)cc1. The molecule has 0 saturated carbocycles. The molecule has 0 amide bonds. The van der Waals surface area contributed by atoms with Crippen molar-refractivity contribution in [1.82, 2.24) is 0 Å². The van der Waals surface area contributed by atoms with E-state index in [9.17, 15) is 0 Å². The van der Waals surface area contributed by atoms with Crippen LogP contribution in [-0.4, -0.2) is 13.2 Å². The van der Waals surface area contributed by atoms with Crippen LogP contribution in [0.3, 0.4) is 0 Å². The summed E-state index contributed by atoms with van der Waals surface area (Å²) in [5.74, 6) is 0.830. The molecule has 2 rings (SSSR count). The molecule has 64 valence electrons. The average Bonchev–Trinajstić information content (AvgIpc) is 2.76. The van der Waals surface area contributed by atoms with Gasteiger partial charge in [0.1, 0.15) is 11.9 Å². The Balaban J connectivity index is 2.16. The summed E-state index contributed by atoms with van der Waals surface area (Å²) >= 11 is 0. The van der Waals surface area contributed by atoms with E-state index < -0.39 is 6.08 Å². The molecule has 12 heavy (non-hydrogen) atoms. The van der Waals surface area contributed by atoms with E-state index in [1.807, 2.05) is 24.3 Å². The quantitative estimate of drug-likeness (QED) is 0.626. The Morgan fingerprint density at radius 3 is 2.42 bits per heavy atom. The predicted molar refractivity (Wildman–Crippen MR) is 46.3 cm³/mol. The fraction of sp³-hybridized carbons (Fsp3) is 0.400. The molecule has 1 aliphatic rings. The third-order valence-corrected chi connectivity index (χ3v) is 2.03. The molecule has 0 aliphatic carbocycles. The number of epoxide rings is 1. The second kappa shape index (κ2) is 2.79. The Kier molecular flexibility index (Phi) is 1.51. The second-order valence-corrected chi connectivity index (χ2v) is 2.88. The summed E-state index contributed by atoms with van der Waals surface area (Å²) in [6, 6.07) is 7.63. The summed E-state index contributed by atoms with van der Waals surface area (Å²) in [7, 11) is 1.64. The Hall–Kier alpha value is -1.02. The van der Waals surface area contributed by atoms with Gasteiger partial charge in [0, 0.05) is 0 Å². The van der Waals surface area contributed by atoms with Crippen molar-refractivity contribution < 1.29 is 10.8 Å². The summed E-state index contributed by atoms with van der Waals surface area (Å²) in [6.07, 6.45) is -0.799. The molecule has 2 nitrogen and oxygen atoms in total. The number of rotatable bonds is 2. The standard InChI is InChI=1S/C10H12O2/c1-7-10(12-7)8-3-5-9(11-2)6-4-8/h3-7,10H,1-2H3/t7-,10+/m0/s1/i7D. The van der Waals surface area contributed by atoms with E-state index in [1.54, 1.807) is 14.0 Å². The lowest BCUT2D eigenvalue weighted by atomic mass is 10.1. The van der Waals surface area contributed by atoms with Gasteiger partial charge in [-0.1, -0.05) is 12.1 Å². The van der Waals surface area contributed by atoms with E-state index in [-0.39, 0.29) is 6.10 Å². The summed E-state index contributed by atoms with van der Waals surface area (Å²) in [6.45, 7) is 1.77. The summed E-state index contributed by atoms with van der Waals surface area (Å²) in [5, 5.41) is 0. The molecule has 2 atom stereocenters. The Morgan fingerprint density at radius 2 is 2.00 bits per heavy atom. The van der Waals surface area contributed by atoms with Crippen LogP contribution in [0, 0.1) is 0 Å². The molecule has 1 aromatic carbocycles. The van der Waals surface area contributed by atoms with E-state index in [0.717, 1.165) is 11.3 Å². The molecule has 0 bridgehead atoms. The van der Waals surface area contributed by atoms with Gasteiger partial charge in [0.05, 0.1) is 14.6 Å². The summed E-state index contributed by atoms with van der Waals surface area (Å²) in [4.78, 5) is 0. The number of methoxy groups -OCH3 is 1. The van der Waals surface area contributed by atoms with Crippen molar-refractivity contribution in [3.8, 4) is 5.75 Å². The van der Waals surface area contributed by atoms with Crippen molar-refractivity contribution in [2.75, 3.05) is 7.11 Å². The molecule has 0 unspecified atom stereocenters. The smallest absolute Gasteiger partial charge is 0.118 e. The van der Waals surface area contributed by atoms with Gasteiger partial charge >= 0.3 is 0 Å². The Morgan fingerprint density at radius 1 is 1.42 bits per heavy atom. The lowest BCUT2D eigenvalue weighted by molar-refractivity contribution is 0.382. The van der Waals surface area contributed by atoms with Crippen LogP contribution >= 0.6 is 0 Å². The fourth-order valence-electron chi connectivity index (χ4n) is 1.23. The number of hydrogen-bond acceptors (Lipinski definition) is 2. The van der Waals surface area contributed by atoms with Gasteiger partial charge in [0.25, 0.3) is 0 Å². The van der Waals surface area contributed by atoms with Gasteiger partial charge in [-0.05, 0) is 24.6 Å². The number of ether oxygens (including phenoxy) is 2. The van der Waals surface area contributed by atoms with Crippen molar-refractivity contribution in [2.24, 2.45) is 0 Å². The van der Waals surface area contributed by atoms with Gasteiger partial charge in [-0.15, -0.1) is 0 Å². The monoisotopic (exact) mass is 165 g/mol. The fourth-order valence-corrected chi connectivity index (χ4v) is 1.23.